The molecule has 0 spiro atoms. The molecule has 2 atom stereocenters. The Balaban J connectivity index is 1.89. The fraction of sp³-hybridized carbons (Fsp3) is 0.0909. The minimum Gasteiger partial charge on any atom is -0.310 e. The third kappa shape index (κ3) is 3.00. The lowest BCUT2D eigenvalue weighted by atomic mass is 9.83. The fourth-order valence-corrected chi connectivity index (χ4v) is 3.83. The van der Waals surface area contributed by atoms with Crippen LogP contribution in [0, 0.1) is 0 Å². The van der Waals surface area contributed by atoms with Gasteiger partial charge >= 0.3 is 0 Å². The molecule has 1 saturated heterocycles. The van der Waals surface area contributed by atoms with Gasteiger partial charge in [-0.25, -0.2) is 0 Å². The molecule has 1 aliphatic rings. The van der Waals surface area contributed by atoms with Gasteiger partial charge in [-0.1, -0.05) is 78.9 Å². The van der Waals surface area contributed by atoms with Gasteiger partial charge in [-0.15, -0.1) is 0 Å². The molecule has 3 nitrogen and oxygen atoms in total. The Morgan fingerprint density at radius 1 is 0.731 bits per heavy atom. The van der Waals surface area contributed by atoms with Crippen molar-refractivity contribution in [3.8, 4) is 0 Å². The Hall–Kier alpha value is -2.98. The molecule has 4 heteroatoms. The van der Waals surface area contributed by atoms with E-state index >= 15 is 0 Å². The highest BCUT2D eigenvalue weighted by Gasteiger charge is 2.42. The zero-order valence-electron chi connectivity index (χ0n) is 14.1. The highest BCUT2D eigenvalue weighted by molar-refractivity contribution is 7.80. The van der Waals surface area contributed by atoms with E-state index in [0.717, 1.165) is 16.8 Å². The summed E-state index contributed by atoms with van der Waals surface area (Å²) in [4.78, 5) is 15.0. The Labute approximate surface area is 158 Å². The van der Waals surface area contributed by atoms with Crippen LogP contribution in [0.4, 0.5) is 5.69 Å². The number of anilines is 1. The van der Waals surface area contributed by atoms with E-state index in [2.05, 4.69) is 17.4 Å². The van der Waals surface area contributed by atoms with Crippen LogP contribution in [0.5, 0.6) is 0 Å². The molecule has 1 fully saturated rings. The number of nitrogens with zero attached hydrogens (tertiary/aromatic N) is 1. The second-order valence-electron chi connectivity index (χ2n) is 6.24. The van der Waals surface area contributed by atoms with Gasteiger partial charge in [-0.3, -0.25) is 4.79 Å². The Kier molecular flexibility index (Phi) is 4.50. The van der Waals surface area contributed by atoms with E-state index in [-0.39, 0.29) is 17.9 Å². The van der Waals surface area contributed by atoms with Crippen molar-refractivity contribution in [1.29, 1.82) is 0 Å². The predicted molar refractivity (Wildman–Crippen MR) is 108 cm³/mol. The number of amides is 1. The molecule has 0 saturated carbocycles. The molecule has 1 heterocycles. The van der Waals surface area contributed by atoms with Crippen LogP contribution in [0.1, 0.15) is 23.1 Å². The molecule has 1 N–H and O–H groups in total. The van der Waals surface area contributed by atoms with Gasteiger partial charge < -0.3 is 10.2 Å². The number of benzene rings is 3. The Morgan fingerprint density at radius 2 is 1.23 bits per heavy atom. The lowest BCUT2D eigenvalue weighted by Gasteiger charge is -2.42. The van der Waals surface area contributed by atoms with Crippen LogP contribution < -0.4 is 10.2 Å². The lowest BCUT2D eigenvalue weighted by molar-refractivity contribution is -0.122. The molecule has 4 rings (SSSR count). The van der Waals surface area contributed by atoms with Crippen LogP contribution in [-0.4, -0.2) is 11.0 Å². The summed E-state index contributed by atoms with van der Waals surface area (Å²) in [5, 5.41) is 3.33. The number of carbonyl (C=O) groups is 1. The van der Waals surface area contributed by atoms with Crippen molar-refractivity contribution in [2.24, 2.45) is 0 Å². The summed E-state index contributed by atoms with van der Waals surface area (Å²) >= 11 is 5.56. The van der Waals surface area contributed by atoms with Crippen molar-refractivity contribution in [2.75, 3.05) is 4.90 Å². The van der Waals surface area contributed by atoms with Gasteiger partial charge in [0, 0.05) is 5.69 Å². The van der Waals surface area contributed by atoms with Gasteiger partial charge in [0.1, 0.15) is 0 Å². The van der Waals surface area contributed by atoms with Gasteiger partial charge in [-0.2, -0.15) is 0 Å². The maximum absolute atomic E-state index is 12.9. The summed E-state index contributed by atoms with van der Waals surface area (Å²) in [5.74, 6) is -0.423. The quantitative estimate of drug-likeness (QED) is 0.703. The topological polar surface area (TPSA) is 32.3 Å². The standard InChI is InChI=1S/C22H18N2OS/c25-21-19(16-10-4-1-5-11-16)20(17-12-6-2-7-13-17)24(22(26)23-21)18-14-8-3-9-15-18/h1-15,19-20H,(H,23,25,26). The van der Waals surface area contributed by atoms with Gasteiger partial charge in [-0.05, 0) is 35.5 Å². The van der Waals surface area contributed by atoms with Crippen molar-refractivity contribution in [1.82, 2.24) is 5.32 Å². The van der Waals surface area contributed by atoms with E-state index in [1.807, 2.05) is 83.8 Å². The second kappa shape index (κ2) is 7.10. The number of carbonyl (C=O) groups excluding carboxylic acids is 1. The average molecular weight is 358 g/mol. The number of thiocarbonyl (C=S) groups is 1. The third-order valence-corrected chi connectivity index (χ3v) is 4.96. The molecular weight excluding hydrogens is 340 g/mol. The van der Waals surface area contributed by atoms with Crippen LogP contribution in [0.3, 0.4) is 0 Å². The van der Waals surface area contributed by atoms with Crippen molar-refractivity contribution in [3.05, 3.63) is 102 Å². The van der Waals surface area contributed by atoms with E-state index in [1.54, 1.807) is 0 Å². The fourth-order valence-electron chi connectivity index (χ4n) is 3.51. The molecule has 3 aromatic rings. The van der Waals surface area contributed by atoms with Gasteiger partial charge in [0.25, 0.3) is 0 Å². The van der Waals surface area contributed by atoms with E-state index in [0.29, 0.717) is 5.11 Å². The first-order valence-corrected chi connectivity index (χ1v) is 8.95. The van der Waals surface area contributed by atoms with Crippen molar-refractivity contribution < 1.29 is 4.79 Å². The molecular formula is C22H18N2OS. The van der Waals surface area contributed by atoms with Gasteiger partial charge in [0.2, 0.25) is 5.91 Å². The Morgan fingerprint density at radius 3 is 1.81 bits per heavy atom. The molecule has 0 aliphatic carbocycles. The third-order valence-electron chi connectivity index (χ3n) is 4.66. The SMILES string of the molecule is O=C1NC(=S)N(c2ccccc2)C(c2ccccc2)C1c1ccccc1. The molecule has 0 radical (unpaired) electrons. The van der Waals surface area contributed by atoms with Crippen LogP contribution in [-0.2, 0) is 4.79 Å². The highest BCUT2D eigenvalue weighted by atomic mass is 32.1. The normalized spacial score (nSPS) is 19.9. The maximum Gasteiger partial charge on any atom is 0.236 e. The van der Waals surface area contributed by atoms with E-state index in [1.165, 1.54) is 0 Å². The van der Waals surface area contributed by atoms with Crippen LogP contribution in [0.25, 0.3) is 0 Å². The zero-order chi connectivity index (χ0) is 17.9. The summed E-state index contributed by atoms with van der Waals surface area (Å²) in [6, 6.07) is 29.7. The molecule has 1 amide bonds. The molecule has 0 bridgehead atoms. The monoisotopic (exact) mass is 358 g/mol. The smallest absolute Gasteiger partial charge is 0.236 e. The van der Waals surface area contributed by atoms with Gasteiger partial charge in [0.05, 0.1) is 12.0 Å². The van der Waals surface area contributed by atoms with Gasteiger partial charge in [0.15, 0.2) is 5.11 Å². The molecule has 128 valence electrons. The number of hydrogen-bond donors (Lipinski definition) is 1. The predicted octanol–water partition coefficient (Wildman–Crippen LogP) is 4.43. The maximum atomic E-state index is 12.9. The minimum absolute atomic E-state index is 0.0674. The van der Waals surface area contributed by atoms with E-state index < -0.39 is 0 Å². The number of para-hydroxylation sites is 1. The summed E-state index contributed by atoms with van der Waals surface area (Å²) in [5.41, 5.74) is 3.00. The van der Waals surface area contributed by atoms with Crippen molar-refractivity contribution in [3.63, 3.8) is 0 Å². The lowest BCUT2D eigenvalue weighted by Crippen LogP contribution is -2.55. The Bertz CT molecular complexity index is 855. The van der Waals surface area contributed by atoms with E-state index in [4.69, 9.17) is 12.2 Å². The molecule has 3 aromatic carbocycles. The second-order valence-corrected chi connectivity index (χ2v) is 6.63. The minimum atomic E-state index is -0.356. The zero-order valence-corrected chi connectivity index (χ0v) is 14.9. The van der Waals surface area contributed by atoms with Crippen LogP contribution >= 0.6 is 12.2 Å². The molecule has 0 aromatic heterocycles. The van der Waals surface area contributed by atoms with Crippen molar-refractivity contribution in [2.45, 2.75) is 12.0 Å². The molecule has 1 aliphatic heterocycles. The summed E-state index contributed by atoms with van der Waals surface area (Å²) in [7, 11) is 0. The largest absolute Gasteiger partial charge is 0.310 e. The first-order valence-electron chi connectivity index (χ1n) is 8.55. The highest BCUT2D eigenvalue weighted by Crippen LogP contribution is 2.41. The number of rotatable bonds is 3. The number of hydrogen-bond acceptors (Lipinski definition) is 2. The molecule has 26 heavy (non-hydrogen) atoms. The summed E-state index contributed by atoms with van der Waals surface area (Å²) in [6.07, 6.45) is 0. The first-order chi connectivity index (χ1) is 12.8. The summed E-state index contributed by atoms with van der Waals surface area (Å²) < 4.78 is 0. The number of nitrogens with one attached hydrogen (secondary N) is 1. The average Bonchev–Trinajstić information content (AvgIpc) is 2.69. The van der Waals surface area contributed by atoms with Crippen molar-refractivity contribution >= 4 is 28.9 Å². The van der Waals surface area contributed by atoms with Crippen LogP contribution in [0.2, 0.25) is 0 Å². The van der Waals surface area contributed by atoms with E-state index in [9.17, 15) is 4.79 Å². The summed E-state index contributed by atoms with van der Waals surface area (Å²) in [6.45, 7) is 0. The molecule has 2 unspecified atom stereocenters. The first kappa shape index (κ1) is 16.5. The van der Waals surface area contributed by atoms with Crippen LogP contribution in [0.15, 0.2) is 91.0 Å².